The lowest BCUT2D eigenvalue weighted by Crippen LogP contribution is -2.17. The number of anilines is 1. The highest BCUT2D eigenvalue weighted by molar-refractivity contribution is 6.02. The van der Waals surface area contributed by atoms with Gasteiger partial charge < -0.3 is 10.4 Å². The number of aryl methyl sites for hydroxylation is 1. The Balaban J connectivity index is 1.93. The molecule has 0 unspecified atom stereocenters. The second kappa shape index (κ2) is 6.45. The molecule has 3 N–H and O–H groups in total. The van der Waals surface area contributed by atoms with E-state index in [1.54, 1.807) is 16.8 Å². The van der Waals surface area contributed by atoms with Crippen molar-refractivity contribution in [1.29, 1.82) is 0 Å². The highest BCUT2D eigenvalue weighted by atomic mass is 16.3. The van der Waals surface area contributed by atoms with E-state index in [1.165, 1.54) is 6.20 Å². The number of amides is 1. The third-order valence-corrected chi connectivity index (χ3v) is 3.50. The van der Waals surface area contributed by atoms with E-state index in [4.69, 9.17) is 0 Å². The Morgan fingerprint density at radius 1 is 1.35 bits per heavy atom. The summed E-state index contributed by atoms with van der Waals surface area (Å²) in [5, 5.41) is 22.8. The zero-order chi connectivity index (χ0) is 16.2. The van der Waals surface area contributed by atoms with Gasteiger partial charge in [-0.15, -0.1) is 0 Å². The van der Waals surface area contributed by atoms with Crippen molar-refractivity contribution in [3.8, 4) is 11.3 Å². The van der Waals surface area contributed by atoms with Crippen LogP contribution in [0.25, 0.3) is 11.3 Å². The normalized spacial score (nSPS) is 10.7. The number of H-pyrrole nitrogens is 1. The first-order chi connectivity index (χ1) is 11.2. The van der Waals surface area contributed by atoms with Crippen molar-refractivity contribution in [2.45, 2.75) is 13.5 Å². The van der Waals surface area contributed by atoms with E-state index in [9.17, 15) is 9.90 Å². The molecule has 3 aromatic rings. The number of aromatic nitrogens is 4. The van der Waals surface area contributed by atoms with E-state index in [0.717, 1.165) is 16.8 Å². The van der Waals surface area contributed by atoms with E-state index in [1.807, 2.05) is 31.2 Å². The van der Waals surface area contributed by atoms with Gasteiger partial charge in [-0.05, 0) is 18.6 Å². The molecular weight excluding hydrogens is 294 g/mol. The minimum Gasteiger partial charge on any atom is -0.394 e. The van der Waals surface area contributed by atoms with Gasteiger partial charge in [-0.25, -0.2) is 4.68 Å². The average Bonchev–Trinajstić information content (AvgIpc) is 3.19. The Kier molecular flexibility index (Phi) is 4.20. The summed E-state index contributed by atoms with van der Waals surface area (Å²) >= 11 is 0. The first-order valence-corrected chi connectivity index (χ1v) is 7.24. The topological polar surface area (TPSA) is 95.8 Å². The lowest BCUT2D eigenvalue weighted by atomic mass is 10.1. The van der Waals surface area contributed by atoms with Crippen molar-refractivity contribution in [3.05, 3.63) is 53.9 Å². The molecule has 2 heterocycles. The van der Waals surface area contributed by atoms with Gasteiger partial charge in [0.15, 0.2) is 0 Å². The first-order valence-electron chi connectivity index (χ1n) is 7.24. The number of nitrogens with zero attached hydrogens (tertiary/aromatic N) is 3. The Morgan fingerprint density at radius 2 is 2.17 bits per heavy atom. The maximum absolute atomic E-state index is 12.2. The minimum absolute atomic E-state index is 0.0676. The van der Waals surface area contributed by atoms with Crippen molar-refractivity contribution >= 4 is 11.7 Å². The van der Waals surface area contributed by atoms with Gasteiger partial charge in [0, 0.05) is 17.8 Å². The molecule has 118 valence electrons. The molecule has 23 heavy (non-hydrogen) atoms. The highest BCUT2D eigenvalue weighted by Gasteiger charge is 2.14. The maximum Gasteiger partial charge on any atom is 0.274 e. The molecule has 1 aromatic carbocycles. The van der Waals surface area contributed by atoms with E-state index < -0.39 is 0 Å². The molecule has 0 aliphatic carbocycles. The van der Waals surface area contributed by atoms with E-state index in [-0.39, 0.29) is 12.5 Å². The maximum atomic E-state index is 12.2. The standard InChI is InChI=1S/C16H17N5O2/c1-11-4-2-3-5-12(11)14-10-15(21(20-14)8-9-22)18-16(23)13-6-7-17-19-13/h2-7,10,22H,8-9H2,1H3,(H,17,19)(H,18,23). The van der Waals surface area contributed by atoms with Crippen LogP contribution in [0.15, 0.2) is 42.6 Å². The Hall–Kier alpha value is -2.93. The number of hydrogen-bond donors (Lipinski definition) is 3. The van der Waals surface area contributed by atoms with Crippen molar-refractivity contribution in [2.24, 2.45) is 0 Å². The SMILES string of the molecule is Cc1ccccc1-c1cc(NC(=O)c2ccn[nH]2)n(CCO)n1. The Morgan fingerprint density at radius 3 is 2.87 bits per heavy atom. The van der Waals surface area contributed by atoms with Gasteiger partial charge in [-0.1, -0.05) is 24.3 Å². The molecule has 0 fully saturated rings. The fourth-order valence-corrected chi connectivity index (χ4v) is 2.34. The third kappa shape index (κ3) is 3.14. The second-order valence-electron chi connectivity index (χ2n) is 5.10. The van der Waals surface area contributed by atoms with Crippen LogP contribution in [0.4, 0.5) is 5.82 Å². The number of aromatic amines is 1. The summed E-state index contributed by atoms with van der Waals surface area (Å²) in [6, 6.07) is 11.3. The van der Waals surface area contributed by atoms with Crippen LogP contribution in [0.2, 0.25) is 0 Å². The number of carbonyl (C=O) groups is 1. The van der Waals surface area contributed by atoms with Crippen LogP contribution < -0.4 is 5.32 Å². The van der Waals surface area contributed by atoms with Gasteiger partial charge in [0.05, 0.1) is 18.8 Å². The van der Waals surface area contributed by atoms with Crippen molar-refractivity contribution in [2.75, 3.05) is 11.9 Å². The van der Waals surface area contributed by atoms with Gasteiger partial charge in [-0.3, -0.25) is 9.89 Å². The zero-order valence-corrected chi connectivity index (χ0v) is 12.7. The number of carbonyl (C=O) groups excluding carboxylic acids is 1. The largest absolute Gasteiger partial charge is 0.394 e. The lowest BCUT2D eigenvalue weighted by molar-refractivity contribution is 0.102. The summed E-state index contributed by atoms with van der Waals surface area (Å²) in [5.41, 5.74) is 3.18. The van der Waals surface area contributed by atoms with Crippen molar-refractivity contribution in [3.63, 3.8) is 0 Å². The number of aliphatic hydroxyl groups excluding tert-OH is 1. The lowest BCUT2D eigenvalue weighted by Gasteiger charge is -2.06. The van der Waals surface area contributed by atoms with Crippen LogP contribution in [-0.4, -0.2) is 37.6 Å². The molecule has 0 aliphatic heterocycles. The molecule has 1 amide bonds. The average molecular weight is 311 g/mol. The predicted molar refractivity (Wildman–Crippen MR) is 86.0 cm³/mol. The van der Waals surface area contributed by atoms with Crippen molar-refractivity contribution in [1.82, 2.24) is 20.0 Å². The fraction of sp³-hybridized carbons (Fsp3) is 0.188. The van der Waals surface area contributed by atoms with Crippen LogP contribution >= 0.6 is 0 Å². The Bertz CT molecular complexity index is 808. The Labute approximate surface area is 133 Å². The van der Waals surface area contributed by atoms with E-state index in [2.05, 4.69) is 20.6 Å². The fourth-order valence-electron chi connectivity index (χ4n) is 2.34. The van der Waals surface area contributed by atoms with Crippen LogP contribution in [0, 0.1) is 6.92 Å². The van der Waals surface area contributed by atoms with Gasteiger partial charge in [0.1, 0.15) is 11.5 Å². The number of hydrogen-bond acceptors (Lipinski definition) is 4. The number of benzene rings is 1. The molecule has 0 spiro atoms. The molecule has 0 bridgehead atoms. The molecule has 0 radical (unpaired) electrons. The predicted octanol–water partition coefficient (Wildman–Crippen LogP) is 1.83. The van der Waals surface area contributed by atoms with Gasteiger partial charge in [0.2, 0.25) is 0 Å². The minimum atomic E-state index is -0.307. The van der Waals surface area contributed by atoms with E-state index in [0.29, 0.717) is 18.1 Å². The number of rotatable bonds is 5. The summed E-state index contributed by atoms with van der Waals surface area (Å²) in [7, 11) is 0. The van der Waals surface area contributed by atoms with Crippen LogP contribution in [0.1, 0.15) is 16.1 Å². The third-order valence-electron chi connectivity index (χ3n) is 3.50. The monoisotopic (exact) mass is 311 g/mol. The van der Waals surface area contributed by atoms with Crippen LogP contribution in [0.3, 0.4) is 0 Å². The summed E-state index contributed by atoms with van der Waals surface area (Å²) < 4.78 is 1.58. The van der Waals surface area contributed by atoms with Gasteiger partial charge >= 0.3 is 0 Å². The second-order valence-corrected chi connectivity index (χ2v) is 5.10. The molecule has 3 rings (SSSR count). The summed E-state index contributed by atoms with van der Waals surface area (Å²) in [4.78, 5) is 12.2. The highest BCUT2D eigenvalue weighted by Crippen LogP contribution is 2.25. The molecule has 7 heteroatoms. The molecule has 0 aliphatic rings. The smallest absolute Gasteiger partial charge is 0.274 e. The first kappa shape index (κ1) is 15.0. The van der Waals surface area contributed by atoms with E-state index >= 15 is 0 Å². The molecule has 2 aromatic heterocycles. The van der Waals surface area contributed by atoms with Crippen molar-refractivity contribution < 1.29 is 9.90 Å². The molecule has 0 atom stereocenters. The van der Waals surface area contributed by atoms with Gasteiger partial charge in [0.25, 0.3) is 5.91 Å². The van der Waals surface area contributed by atoms with Gasteiger partial charge in [-0.2, -0.15) is 10.2 Å². The number of aliphatic hydroxyl groups is 1. The summed E-state index contributed by atoms with van der Waals surface area (Å²) in [6.07, 6.45) is 1.51. The summed E-state index contributed by atoms with van der Waals surface area (Å²) in [5.74, 6) is 0.217. The molecular formula is C16H17N5O2. The molecule has 0 saturated carbocycles. The molecule has 0 saturated heterocycles. The van der Waals surface area contributed by atoms with Crippen LogP contribution in [-0.2, 0) is 6.54 Å². The summed E-state index contributed by atoms with van der Waals surface area (Å²) in [6.45, 7) is 2.23. The quantitative estimate of drug-likeness (QED) is 0.670. The number of nitrogens with one attached hydrogen (secondary N) is 2. The van der Waals surface area contributed by atoms with Crippen LogP contribution in [0.5, 0.6) is 0 Å². The molecule has 7 nitrogen and oxygen atoms in total. The zero-order valence-electron chi connectivity index (χ0n) is 12.7.